The van der Waals surface area contributed by atoms with Crippen LogP contribution in [-0.4, -0.2) is 63.3 Å². The van der Waals surface area contributed by atoms with Crippen LogP contribution in [0.15, 0.2) is 48.8 Å². The van der Waals surface area contributed by atoms with E-state index in [0.29, 0.717) is 0 Å². The van der Waals surface area contributed by atoms with E-state index in [4.69, 9.17) is 4.74 Å². The Morgan fingerprint density at radius 2 is 1.87 bits per heavy atom. The maximum atomic E-state index is 5.32. The van der Waals surface area contributed by atoms with E-state index in [0.717, 1.165) is 68.5 Å². The summed E-state index contributed by atoms with van der Waals surface area (Å²) in [6, 6.07) is 12.3. The second-order valence-corrected chi connectivity index (χ2v) is 8.54. The van der Waals surface area contributed by atoms with Crippen LogP contribution in [-0.2, 0) is 18.6 Å². The quantitative estimate of drug-likeness (QED) is 0.667. The van der Waals surface area contributed by atoms with Gasteiger partial charge in [0.1, 0.15) is 11.6 Å². The number of ether oxygens (including phenoxy) is 1. The van der Waals surface area contributed by atoms with E-state index in [1.165, 1.54) is 5.56 Å². The van der Waals surface area contributed by atoms with Gasteiger partial charge in [-0.2, -0.15) is 0 Å². The van der Waals surface area contributed by atoms with Crippen LogP contribution in [0.1, 0.15) is 24.2 Å². The highest BCUT2D eigenvalue weighted by atomic mass is 16.5. The van der Waals surface area contributed by atoms with Crippen LogP contribution in [0.25, 0.3) is 11.4 Å². The average molecular weight is 405 g/mol. The summed E-state index contributed by atoms with van der Waals surface area (Å²) in [6.07, 6.45) is 5.98. The van der Waals surface area contributed by atoms with Gasteiger partial charge in [-0.05, 0) is 55.8 Å². The molecule has 0 saturated carbocycles. The first kappa shape index (κ1) is 19.2. The minimum atomic E-state index is 0.0343. The first-order valence-electron chi connectivity index (χ1n) is 10.6. The van der Waals surface area contributed by atoms with E-state index < -0.39 is 0 Å². The number of benzene rings is 1. The fraction of sp³-hybridized carbons (Fsp3) is 0.435. The van der Waals surface area contributed by atoms with Gasteiger partial charge in [-0.25, -0.2) is 0 Å². The van der Waals surface area contributed by atoms with Gasteiger partial charge in [-0.15, -0.1) is 10.2 Å². The molecule has 0 amide bonds. The Hall–Kier alpha value is -2.77. The van der Waals surface area contributed by atoms with Crippen LogP contribution in [0.4, 0.5) is 0 Å². The molecular formula is C23H28N6O. The molecule has 4 heterocycles. The third-order valence-electron chi connectivity index (χ3n) is 6.44. The number of aromatic nitrogens is 4. The summed E-state index contributed by atoms with van der Waals surface area (Å²) in [6.45, 7) is 4.94. The molecule has 3 aromatic rings. The van der Waals surface area contributed by atoms with Gasteiger partial charge in [0.25, 0.3) is 0 Å². The predicted octanol–water partition coefficient (Wildman–Crippen LogP) is 2.79. The lowest BCUT2D eigenvalue weighted by molar-refractivity contribution is 0.0490. The van der Waals surface area contributed by atoms with Crippen LogP contribution in [0.5, 0.6) is 5.75 Å². The van der Waals surface area contributed by atoms with Crippen LogP contribution in [0.3, 0.4) is 0 Å². The summed E-state index contributed by atoms with van der Waals surface area (Å²) in [5.41, 5.74) is 2.40. The molecule has 1 fully saturated rings. The van der Waals surface area contributed by atoms with Crippen LogP contribution < -0.4 is 4.74 Å². The number of piperidine rings is 1. The van der Waals surface area contributed by atoms with E-state index in [9.17, 15) is 0 Å². The van der Waals surface area contributed by atoms with E-state index in [2.05, 4.69) is 54.8 Å². The van der Waals surface area contributed by atoms with Gasteiger partial charge in [0.15, 0.2) is 5.82 Å². The highest BCUT2D eigenvalue weighted by Gasteiger charge is 2.43. The fourth-order valence-electron chi connectivity index (χ4n) is 4.97. The van der Waals surface area contributed by atoms with Crippen molar-refractivity contribution in [2.45, 2.75) is 31.5 Å². The number of fused-ring (bicyclic) bond motifs is 2. The van der Waals surface area contributed by atoms with Gasteiger partial charge >= 0.3 is 0 Å². The number of hydrogen-bond acceptors (Lipinski definition) is 6. The van der Waals surface area contributed by atoms with E-state index in [1.54, 1.807) is 7.11 Å². The van der Waals surface area contributed by atoms with E-state index in [1.807, 2.05) is 30.6 Å². The minimum absolute atomic E-state index is 0.0343. The van der Waals surface area contributed by atoms with Crippen molar-refractivity contribution in [2.75, 3.05) is 33.8 Å². The van der Waals surface area contributed by atoms with Gasteiger partial charge < -0.3 is 9.30 Å². The highest BCUT2D eigenvalue weighted by Crippen LogP contribution is 2.39. The first-order chi connectivity index (χ1) is 14.7. The van der Waals surface area contributed by atoms with E-state index >= 15 is 0 Å². The van der Waals surface area contributed by atoms with Crippen molar-refractivity contribution >= 4 is 0 Å². The summed E-state index contributed by atoms with van der Waals surface area (Å²) in [4.78, 5) is 9.18. The summed E-state index contributed by atoms with van der Waals surface area (Å²) in [7, 11) is 3.88. The van der Waals surface area contributed by atoms with Crippen LogP contribution in [0, 0.1) is 0 Å². The summed E-state index contributed by atoms with van der Waals surface area (Å²) in [5.74, 6) is 2.90. The summed E-state index contributed by atoms with van der Waals surface area (Å²) >= 11 is 0. The van der Waals surface area contributed by atoms with E-state index in [-0.39, 0.29) is 5.54 Å². The molecule has 0 atom stereocenters. The predicted molar refractivity (Wildman–Crippen MR) is 115 cm³/mol. The normalized spacial score (nSPS) is 19.0. The molecule has 30 heavy (non-hydrogen) atoms. The van der Waals surface area contributed by atoms with Crippen LogP contribution in [0.2, 0.25) is 0 Å². The second-order valence-electron chi connectivity index (χ2n) is 8.54. The lowest BCUT2D eigenvalue weighted by Crippen LogP contribution is -2.55. The first-order valence-corrected chi connectivity index (χ1v) is 10.6. The topological polar surface area (TPSA) is 59.3 Å². The summed E-state index contributed by atoms with van der Waals surface area (Å²) < 4.78 is 7.76. The molecule has 0 radical (unpaired) electrons. The van der Waals surface area contributed by atoms with Gasteiger partial charge in [0.2, 0.25) is 0 Å². The number of rotatable bonds is 4. The number of pyridine rings is 1. The Balaban J connectivity index is 1.42. The maximum Gasteiger partial charge on any atom is 0.164 e. The lowest BCUT2D eigenvalue weighted by Gasteiger charge is -2.48. The molecule has 2 aliphatic rings. The molecule has 156 valence electrons. The molecule has 5 rings (SSSR count). The molecule has 1 spiro atoms. The van der Waals surface area contributed by atoms with Crippen molar-refractivity contribution in [1.82, 2.24) is 29.5 Å². The number of likely N-dealkylation sites (tertiary alicyclic amines) is 1. The molecule has 2 aromatic heterocycles. The van der Waals surface area contributed by atoms with Crippen molar-refractivity contribution in [3.63, 3.8) is 0 Å². The number of likely N-dealkylation sites (N-methyl/N-ethyl adjacent to an activating group) is 1. The number of nitrogens with zero attached hydrogens (tertiary/aromatic N) is 6. The van der Waals surface area contributed by atoms with Crippen molar-refractivity contribution in [2.24, 2.45) is 0 Å². The zero-order chi connectivity index (χ0) is 20.6. The minimum Gasteiger partial charge on any atom is -0.497 e. The number of methoxy groups -OCH3 is 1. The van der Waals surface area contributed by atoms with Gasteiger partial charge in [0.05, 0.1) is 19.2 Å². The zero-order valence-corrected chi connectivity index (χ0v) is 17.7. The molecule has 7 nitrogen and oxygen atoms in total. The fourth-order valence-corrected chi connectivity index (χ4v) is 4.97. The Bertz CT molecular complexity index is 992. The Kier molecular flexibility index (Phi) is 5.00. The van der Waals surface area contributed by atoms with Crippen molar-refractivity contribution in [1.29, 1.82) is 0 Å². The lowest BCUT2D eigenvalue weighted by atomic mass is 9.84. The average Bonchev–Trinajstić information content (AvgIpc) is 3.21. The molecule has 0 aliphatic carbocycles. The zero-order valence-electron chi connectivity index (χ0n) is 17.7. The van der Waals surface area contributed by atoms with Crippen molar-refractivity contribution < 1.29 is 4.74 Å². The molecule has 0 unspecified atom stereocenters. The Morgan fingerprint density at radius 1 is 1.07 bits per heavy atom. The Morgan fingerprint density at radius 3 is 2.57 bits per heavy atom. The van der Waals surface area contributed by atoms with Gasteiger partial charge in [-0.1, -0.05) is 6.07 Å². The number of hydrogen-bond donors (Lipinski definition) is 0. The standard InChI is InChI=1S/C23H28N6O/c1-27-16-21-25-26-22(19-5-7-20(30-2)8-6-19)29(21)23(17-27)9-12-28(13-10-23)15-18-4-3-11-24-14-18/h3-8,11,14H,9-10,12-13,15-17H2,1-2H3. The Labute approximate surface area is 177 Å². The monoisotopic (exact) mass is 404 g/mol. The third kappa shape index (κ3) is 3.48. The van der Waals surface area contributed by atoms with Gasteiger partial charge in [0, 0.05) is 44.1 Å². The molecule has 1 aromatic carbocycles. The third-order valence-corrected chi connectivity index (χ3v) is 6.44. The van der Waals surface area contributed by atoms with Gasteiger partial charge in [-0.3, -0.25) is 14.8 Å². The van der Waals surface area contributed by atoms with Crippen molar-refractivity contribution in [3.05, 3.63) is 60.2 Å². The molecular weight excluding hydrogens is 376 g/mol. The maximum absolute atomic E-state index is 5.32. The molecule has 2 aliphatic heterocycles. The summed E-state index contributed by atoms with van der Waals surface area (Å²) in [5, 5.41) is 9.20. The molecule has 0 bridgehead atoms. The molecule has 0 N–H and O–H groups in total. The van der Waals surface area contributed by atoms with Crippen LogP contribution >= 0.6 is 0 Å². The smallest absolute Gasteiger partial charge is 0.164 e. The van der Waals surface area contributed by atoms with Crippen molar-refractivity contribution in [3.8, 4) is 17.1 Å². The molecule has 1 saturated heterocycles. The highest BCUT2D eigenvalue weighted by molar-refractivity contribution is 5.57. The second kappa shape index (κ2) is 7.81. The SMILES string of the molecule is COc1ccc(-c2nnc3n2C2(CCN(Cc4cccnc4)CC2)CN(C)C3)cc1. The largest absolute Gasteiger partial charge is 0.497 e. The molecule has 7 heteroatoms.